The van der Waals surface area contributed by atoms with E-state index in [0.717, 1.165) is 5.56 Å². The van der Waals surface area contributed by atoms with Crippen molar-refractivity contribution in [2.75, 3.05) is 13.7 Å². The molecule has 0 fully saturated rings. The van der Waals surface area contributed by atoms with Crippen LogP contribution in [0, 0.1) is 0 Å². The van der Waals surface area contributed by atoms with Gasteiger partial charge >= 0.3 is 11.9 Å². The second-order valence-corrected chi connectivity index (χ2v) is 5.87. The van der Waals surface area contributed by atoms with Gasteiger partial charge in [-0.3, -0.25) is 9.79 Å². The Kier molecular flexibility index (Phi) is 5.90. The Bertz CT molecular complexity index is 634. The van der Waals surface area contributed by atoms with E-state index in [1.54, 1.807) is 25.3 Å². The van der Waals surface area contributed by atoms with Crippen LogP contribution in [0.1, 0.15) is 48.5 Å². The SMILES string of the molecule is CCOC(=O)c1ccc(C(CCC(=O)OC)C2(C)C=CC=N2)cc1. The lowest BCUT2D eigenvalue weighted by atomic mass is 9.78. The fourth-order valence-electron chi connectivity index (χ4n) is 2.92. The Balaban J connectivity index is 2.23. The standard InChI is InChI=1S/C19H23NO4/c1-4-24-18(22)15-8-6-14(7-9-15)16(10-11-17(21)23-3)19(2)12-5-13-20-19/h5-9,12-13,16H,4,10-11H2,1-3H3. The quantitative estimate of drug-likeness (QED) is 0.720. The second-order valence-electron chi connectivity index (χ2n) is 5.87. The predicted molar refractivity (Wildman–Crippen MR) is 92.4 cm³/mol. The molecule has 0 spiro atoms. The number of ether oxygens (including phenoxy) is 2. The molecule has 2 atom stereocenters. The zero-order chi connectivity index (χ0) is 17.6. The molecule has 1 aliphatic rings. The average Bonchev–Trinajstić information content (AvgIpc) is 3.03. The number of hydrogen-bond acceptors (Lipinski definition) is 5. The highest BCUT2D eigenvalue weighted by molar-refractivity contribution is 5.89. The maximum Gasteiger partial charge on any atom is 0.338 e. The summed E-state index contributed by atoms with van der Waals surface area (Å²) in [5.74, 6) is -0.555. The minimum Gasteiger partial charge on any atom is -0.469 e. The van der Waals surface area contributed by atoms with Gasteiger partial charge in [-0.25, -0.2) is 4.79 Å². The van der Waals surface area contributed by atoms with E-state index in [4.69, 9.17) is 9.47 Å². The van der Waals surface area contributed by atoms with Crippen LogP contribution in [-0.2, 0) is 14.3 Å². The molecule has 2 unspecified atom stereocenters. The number of allylic oxidation sites excluding steroid dienone is 1. The summed E-state index contributed by atoms with van der Waals surface area (Å²) in [6.45, 7) is 4.16. The number of nitrogens with zero attached hydrogens (tertiary/aromatic N) is 1. The van der Waals surface area contributed by atoms with Crippen molar-refractivity contribution < 1.29 is 19.1 Å². The molecule has 0 amide bonds. The van der Waals surface area contributed by atoms with E-state index < -0.39 is 5.54 Å². The molecule has 5 heteroatoms. The summed E-state index contributed by atoms with van der Waals surface area (Å²) >= 11 is 0. The zero-order valence-corrected chi connectivity index (χ0v) is 14.3. The lowest BCUT2D eigenvalue weighted by molar-refractivity contribution is -0.140. The zero-order valence-electron chi connectivity index (χ0n) is 14.3. The summed E-state index contributed by atoms with van der Waals surface area (Å²) in [4.78, 5) is 27.9. The average molecular weight is 329 g/mol. The summed E-state index contributed by atoms with van der Waals surface area (Å²) < 4.78 is 9.76. The Morgan fingerprint density at radius 3 is 2.50 bits per heavy atom. The van der Waals surface area contributed by atoms with Crippen molar-refractivity contribution in [1.29, 1.82) is 0 Å². The van der Waals surface area contributed by atoms with Crippen LogP contribution in [0.25, 0.3) is 0 Å². The number of esters is 2. The third-order valence-corrected chi connectivity index (χ3v) is 4.27. The maximum atomic E-state index is 11.8. The van der Waals surface area contributed by atoms with Crippen LogP contribution in [0.4, 0.5) is 0 Å². The van der Waals surface area contributed by atoms with E-state index in [0.29, 0.717) is 25.0 Å². The van der Waals surface area contributed by atoms with Crippen molar-refractivity contribution >= 4 is 18.2 Å². The second kappa shape index (κ2) is 7.90. The van der Waals surface area contributed by atoms with Gasteiger partial charge in [-0.1, -0.05) is 18.2 Å². The lowest BCUT2D eigenvalue weighted by Gasteiger charge is -2.30. The molecular formula is C19H23NO4. The van der Waals surface area contributed by atoms with Gasteiger partial charge in [-0.05, 0) is 44.0 Å². The summed E-state index contributed by atoms with van der Waals surface area (Å²) in [7, 11) is 1.39. The third-order valence-electron chi connectivity index (χ3n) is 4.27. The molecule has 0 radical (unpaired) electrons. The molecule has 2 rings (SSSR count). The summed E-state index contributed by atoms with van der Waals surface area (Å²) in [5, 5.41) is 0. The van der Waals surface area contributed by atoms with Crippen LogP contribution >= 0.6 is 0 Å². The molecule has 0 saturated heterocycles. The number of carbonyl (C=O) groups excluding carboxylic acids is 2. The molecule has 128 valence electrons. The smallest absolute Gasteiger partial charge is 0.338 e. The van der Waals surface area contributed by atoms with Crippen LogP contribution in [0.3, 0.4) is 0 Å². The number of hydrogen-bond donors (Lipinski definition) is 0. The predicted octanol–water partition coefficient (Wildman–Crippen LogP) is 3.30. The van der Waals surface area contributed by atoms with E-state index >= 15 is 0 Å². The van der Waals surface area contributed by atoms with Gasteiger partial charge in [0, 0.05) is 18.6 Å². The monoisotopic (exact) mass is 329 g/mol. The normalized spacial score (nSPS) is 20.0. The first kappa shape index (κ1) is 17.9. The van der Waals surface area contributed by atoms with E-state index in [2.05, 4.69) is 4.99 Å². The van der Waals surface area contributed by atoms with Gasteiger partial charge in [0.2, 0.25) is 0 Å². The van der Waals surface area contributed by atoms with Crippen LogP contribution in [0.15, 0.2) is 41.4 Å². The van der Waals surface area contributed by atoms with Gasteiger partial charge in [-0.15, -0.1) is 0 Å². The van der Waals surface area contributed by atoms with Crippen LogP contribution in [0.2, 0.25) is 0 Å². The fraction of sp³-hybridized carbons (Fsp3) is 0.421. The number of methoxy groups -OCH3 is 1. The Morgan fingerprint density at radius 1 is 1.25 bits per heavy atom. The first-order valence-electron chi connectivity index (χ1n) is 8.07. The van der Waals surface area contributed by atoms with Gasteiger partial charge in [0.15, 0.2) is 0 Å². The van der Waals surface area contributed by atoms with Crippen molar-refractivity contribution in [2.45, 2.75) is 38.1 Å². The van der Waals surface area contributed by atoms with E-state index in [1.807, 2.05) is 31.2 Å². The molecule has 0 saturated carbocycles. The molecule has 0 bridgehead atoms. The third kappa shape index (κ3) is 4.10. The Labute approximate surface area is 142 Å². The van der Waals surface area contributed by atoms with E-state index in [-0.39, 0.29) is 17.9 Å². The topological polar surface area (TPSA) is 65.0 Å². The van der Waals surface area contributed by atoms with E-state index in [9.17, 15) is 9.59 Å². The summed E-state index contributed by atoms with van der Waals surface area (Å²) in [6, 6.07) is 7.32. The van der Waals surface area contributed by atoms with Crippen LogP contribution in [-0.4, -0.2) is 37.4 Å². The van der Waals surface area contributed by atoms with Crippen molar-refractivity contribution in [1.82, 2.24) is 0 Å². The molecule has 1 aromatic carbocycles. The molecule has 1 heterocycles. The van der Waals surface area contributed by atoms with Gasteiger partial charge < -0.3 is 9.47 Å². The highest BCUT2D eigenvalue weighted by Gasteiger charge is 2.34. The maximum absolute atomic E-state index is 11.8. The lowest BCUT2D eigenvalue weighted by Crippen LogP contribution is -2.28. The van der Waals surface area contributed by atoms with Crippen molar-refractivity contribution in [3.63, 3.8) is 0 Å². The van der Waals surface area contributed by atoms with E-state index in [1.165, 1.54) is 7.11 Å². The Hall–Kier alpha value is -2.43. The minimum absolute atomic E-state index is 0.0165. The van der Waals surface area contributed by atoms with Gasteiger partial charge in [0.1, 0.15) is 0 Å². The van der Waals surface area contributed by atoms with Gasteiger partial charge in [0.05, 0.1) is 24.8 Å². The molecule has 1 aliphatic heterocycles. The van der Waals surface area contributed by atoms with Crippen molar-refractivity contribution in [2.24, 2.45) is 4.99 Å². The molecule has 24 heavy (non-hydrogen) atoms. The molecule has 5 nitrogen and oxygen atoms in total. The van der Waals surface area contributed by atoms with Gasteiger partial charge in [-0.2, -0.15) is 0 Å². The molecular weight excluding hydrogens is 306 g/mol. The first-order chi connectivity index (χ1) is 11.5. The number of carbonyl (C=O) groups is 2. The van der Waals surface area contributed by atoms with Crippen LogP contribution < -0.4 is 0 Å². The largest absolute Gasteiger partial charge is 0.469 e. The first-order valence-corrected chi connectivity index (χ1v) is 8.07. The number of rotatable bonds is 7. The molecule has 0 aromatic heterocycles. The molecule has 0 aliphatic carbocycles. The molecule has 1 aromatic rings. The highest BCUT2D eigenvalue weighted by Crippen LogP contribution is 2.38. The minimum atomic E-state index is -0.403. The van der Waals surface area contributed by atoms with Crippen molar-refractivity contribution in [3.8, 4) is 0 Å². The number of aliphatic imine (C=N–C) groups is 1. The number of benzene rings is 1. The van der Waals surface area contributed by atoms with Gasteiger partial charge in [0.25, 0.3) is 0 Å². The van der Waals surface area contributed by atoms with Crippen molar-refractivity contribution in [3.05, 3.63) is 47.5 Å². The molecule has 0 N–H and O–H groups in total. The van der Waals surface area contributed by atoms with Crippen LogP contribution in [0.5, 0.6) is 0 Å². The summed E-state index contributed by atoms with van der Waals surface area (Å²) in [5.41, 5.74) is 1.14. The Morgan fingerprint density at radius 2 is 1.96 bits per heavy atom. The highest BCUT2D eigenvalue weighted by atomic mass is 16.5. The fourth-order valence-corrected chi connectivity index (χ4v) is 2.92. The summed E-state index contributed by atoms with van der Waals surface area (Å²) in [6.07, 6.45) is 6.66.